The summed E-state index contributed by atoms with van der Waals surface area (Å²) in [5.74, 6) is 0. The first-order valence-electron chi connectivity index (χ1n) is 5.30. The standard InChI is InChI=1S/C13H19BrO/c1-13(2,3)8-9-15-10-11-6-4-5-7-12(11)14/h4-7H,8-10H2,1-3H3. The molecule has 15 heavy (non-hydrogen) atoms. The van der Waals surface area contributed by atoms with Crippen molar-refractivity contribution in [2.45, 2.75) is 33.8 Å². The quantitative estimate of drug-likeness (QED) is 0.737. The van der Waals surface area contributed by atoms with Gasteiger partial charge in [-0.05, 0) is 23.5 Å². The van der Waals surface area contributed by atoms with E-state index >= 15 is 0 Å². The fourth-order valence-electron chi connectivity index (χ4n) is 1.18. The van der Waals surface area contributed by atoms with Crippen molar-refractivity contribution in [2.24, 2.45) is 5.41 Å². The van der Waals surface area contributed by atoms with Gasteiger partial charge >= 0.3 is 0 Å². The van der Waals surface area contributed by atoms with E-state index in [0.29, 0.717) is 12.0 Å². The molecule has 84 valence electrons. The van der Waals surface area contributed by atoms with E-state index in [9.17, 15) is 0 Å². The molecule has 0 fully saturated rings. The molecule has 0 heterocycles. The van der Waals surface area contributed by atoms with E-state index < -0.39 is 0 Å². The predicted octanol–water partition coefficient (Wildman–Crippen LogP) is 4.40. The number of halogens is 1. The Bertz CT molecular complexity index is 302. The van der Waals surface area contributed by atoms with Gasteiger partial charge in [0.15, 0.2) is 0 Å². The minimum absolute atomic E-state index is 0.355. The van der Waals surface area contributed by atoms with Crippen LogP contribution in [0.5, 0.6) is 0 Å². The molecule has 0 saturated heterocycles. The van der Waals surface area contributed by atoms with Gasteiger partial charge in [-0.2, -0.15) is 0 Å². The van der Waals surface area contributed by atoms with E-state index in [1.54, 1.807) is 0 Å². The Morgan fingerprint density at radius 2 is 1.87 bits per heavy atom. The van der Waals surface area contributed by atoms with E-state index in [0.717, 1.165) is 17.5 Å². The van der Waals surface area contributed by atoms with E-state index in [1.165, 1.54) is 5.56 Å². The first-order valence-corrected chi connectivity index (χ1v) is 6.09. The Kier molecular flexibility index (Phi) is 4.81. The highest BCUT2D eigenvalue weighted by Crippen LogP contribution is 2.20. The average molecular weight is 271 g/mol. The Labute approximate surface area is 101 Å². The van der Waals surface area contributed by atoms with Crippen LogP contribution in [0.2, 0.25) is 0 Å². The molecule has 0 aromatic heterocycles. The SMILES string of the molecule is CC(C)(C)CCOCc1ccccc1Br. The zero-order valence-corrected chi connectivity index (χ0v) is 11.3. The van der Waals surface area contributed by atoms with Crippen molar-refractivity contribution in [1.82, 2.24) is 0 Å². The maximum absolute atomic E-state index is 5.65. The second kappa shape index (κ2) is 5.66. The number of hydrogen-bond acceptors (Lipinski definition) is 1. The van der Waals surface area contributed by atoms with Crippen molar-refractivity contribution in [1.29, 1.82) is 0 Å². The molecule has 0 N–H and O–H groups in total. The number of ether oxygens (including phenoxy) is 1. The molecule has 2 heteroatoms. The van der Waals surface area contributed by atoms with Crippen LogP contribution in [0.3, 0.4) is 0 Å². The molecule has 0 aliphatic heterocycles. The molecule has 0 spiro atoms. The Balaban J connectivity index is 2.30. The zero-order valence-electron chi connectivity index (χ0n) is 9.72. The lowest BCUT2D eigenvalue weighted by Crippen LogP contribution is -2.09. The molecule has 0 radical (unpaired) electrons. The summed E-state index contributed by atoms with van der Waals surface area (Å²) in [6, 6.07) is 8.18. The molecular weight excluding hydrogens is 252 g/mol. The van der Waals surface area contributed by atoms with Crippen LogP contribution in [0, 0.1) is 5.41 Å². The minimum atomic E-state index is 0.355. The molecule has 0 aliphatic rings. The summed E-state index contributed by atoms with van der Waals surface area (Å²) < 4.78 is 6.77. The van der Waals surface area contributed by atoms with Gasteiger partial charge in [-0.15, -0.1) is 0 Å². The summed E-state index contributed by atoms with van der Waals surface area (Å²) >= 11 is 3.51. The molecule has 0 atom stereocenters. The fraction of sp³-hybridized carbons (Fsp3) is 0.538. The molecule has 1 nitrogen and oxygen atoms in total. The van der Waals surface area contributed by atoms with Crippen LogP contribution in [0.1, 0.15) is 32.8 Å². The molecule has 0 bridgehead atoms. The second-order valence-corrected chi connectivity index (χ2v) is 5.81. The van der Waals surface area contributed by atoms with Crippen molar-refractivity contribution >= 4 is 15.9 Å². The van der Waals surface area contributed by atoms with Crippen LogP contribution in [-0.4, -0.2) is 6.61 Å². The number of hydrogen-bond donors (Lipinski definition) is 0. The zero-order chi connectivity index (χ0) is 11.3. The topological polar surface area (TPSA) is 9.23 Å². The maximum atomic E-state index is 5.65. The second-order valence-electron chi connectivity index (χ2n) is 4.95. The van der Waals surface area contributed by atoms with Crippen molar-refractivity contribution in [3.8, 4) is 0 Å². The van der Waals surface area contributed by atoms with Crippen molar-refractivity contribution in [2.75, 3.05) is 6.61 Å². The summed E-state index contributed by atoms with van der Waals surface area (Å²) in [6.45, 7) is 8.21. The monoisotopic (exact) mass is 270 g/mol. The highest BCUT2D eigenvalue weighted by atomic mass is 79.9. The molecule has 0 amide bonds. The fourth-order valence-corrected chi connectivity index (χ4v) is 1.58. The molecule has 0 unspecified atom stereocenters. The Hall–Kier alpha value is -0.340. The van der Waals surface area contributed by atoms with Gasteiger partial charge in [0.25, 0.3) is 0 Å². The number of benzene rings is 1. The summed E-state index contributed by atoms with van der Waals surface area (Å²) in [7, 11) is 0. The normalized spacial score (nSPS) is 11.7. The lowest BCUT2D eigenvalue weighted by molar-refractivity contribution is 0.0959. The van der Waals surface area contributed by atoms with Crippen molar-refractivity contribution < 1.29 is 4.74 Å². The minimum Gasteiger partial charge on any atom is -0.377 e. The molecule has 0 saturated carbocycles. The third-order valence-corrected chi connectivity index (χ3v) is 2.99. The van der Waals surface area contributed by atoms with Crippen LogP contribution in [-0.2, 0) is 11.3 Å². The van der Waals surface area contributed by atoms with Gasteiger partial charge in [-0.25, -0.2) is 0 Å². The summed E-state index contributed by atoms with van der Waals surface area (Å²) in [5.41, 5.74) is 1.57. The smallest absolute Gasteiger partial charge is 0.0727 e. The first-order chi connectivity index (χ1) is 6.99. The van der Waals surface area contributed by atoms with E-state index in [1.807, 2.05) is 18.2 Å². The molecule has 1 aromatic rings. The van der Waals surface area contributed by atoms with E-state index in [-0.39, 0.29) is 0 Å². The van der Waals surface area contributed by atoms with Crippen LogP contribution < -0.4 is 0 Å². The van der Waals surface area contributed by atoms with Gasteiger partial charge < -0.3 is 4.74 Å². The highest BCUT2D eigenvalue weighted by Gasteiger charge is 2.09. The van der Waals surface area contributed by atoms with Gasteiger partial charge in [0.1, 0.15) is 0 Å². The van der Waals surface area contributed by atoms with Gasteiger partial charge in [0.2, 0.25) is 0 Å². The third kappa shape index (κ3) is 5.33. The molecule has 1 aromatic carbocycles. The molecule has 0 aliphatic carbocycles. The number of rotatable bonds is 4. The predicted molar refractivity (Wildman–Crippen MR) is 67.9 cm³/mol. The lowest BCUT2D eigenvalue weighted by atomic mass is 9.93. The van der Waals surface area contributed by atoms with Crippen LogP contribution in [0.4, 0.5) is 0 Å². The summed E-state index contributed by atoms with van der Waals surface area (Å²) in [6.07, 6.45) is 1.09. The van der Waals surface area contributed by atoms with Crippen molar-refractivity contribution in [3.63, 3.8) is 0 Å². The summed E-state index contributed by atoms with van der Waals surface area (Å²) in [4.78, 5) is 0. The van der Waals surface area contributed by atoms with E-state index in [2.05, 4.69) is 42.8 Å². The first kappa shape index (κ1) is 12.7. The molecular formula is C13H19BrO. The van der Waals surface area contributed by atoms with Crippen LogP contribution in [0.15, 0.2) is 28.7 Å². The van der Waals surface area contributed by atoms with Gasteiger partial charge in [0, 0.05) is 11.1 Å². The Morgan fingerprint density at radius 3 is 2.47 bits per heavy atom. The highest BCUT2D eigenvalue weighted by molar-refractivity contribution is 9.10. The van der Waals surface area contributed by atoms with Crippen LogP contribution in [0.25, 0.3) is 0 Å². The maximum Gasteiger partial charge on any atom is 0.0727 e. The van der Waals surface area contributed by atoms with Gasteiger partial charge in [-0.1, -0.05) is 54.9 Å². The third-order valence-electron chi connectivity index (χ3n) is 2.21. The largest absolute Gasteiger partial charge is 0.377 e. The van der Waals surface area contributed by atoms with Gasteiger partial charge in [0.05, 0.1) is 6.61 Å². The van der Waals surface area contributed by atoms with Crippen LogP contribution >= 0.6 is 15.9 Å². The Morgan fingerprint density at radius 1 is 1.20 bits per heavy atom. The average Bonchev–Trinajstić information content (AvgIpc) is 2.13. The summed E-state index contributed by atoms with van der Waals surface area (Å²) in [5, 5.41) is 0. The molecule has 1 rings (SSSR count). The van der Waals surface area contributed by atoms with E-state index in [4.69, 9.17) is 4.74 Å². The van der Waals surface area contributed by atoms with Gasteiger partial charge in [-0.3, -0.25) is 0 Å². The van der Waals surface area contributed by atoms with Crippen molar-refractivity contribution in [3.05, 3.63) is 34.3 Å². The lowest BCUT2D eigenvalue weighted by Gasteiger charge is -2.17.